The second kappa shape index (κ2) is 8.02. The van der Waals surface area contributed by atoms with Crippen LogP contribution in [-0.2, 0) is 20.7 Å². The van der Waals surface area contributed by atoms with E-state index < -0.39 is 5.97 Å². The molecule has 104 valence electrons. The molecule has 19 heavy (non-hydrogen) atoms. The first-order valence-electron chi connectivity index (χ1n) is 5.93. The molecule has 1 aromatic heterocycles. The monoisotopic (exact) mass is 267 g/mol. The van der Waals surface area contributed by atoms with Crippen LogP contribution in [0.15, 0.2) is 12.4 Å². The van der Waals surface area contributed by atoms with Gasteiger partial charge in [0.2, 0.25) is 5.91 Å². The molecule has 0 saturated heterocycles. The summed E-state index contributed by atoms with van der Waals surface area (Å²) in [6, 6.07) is 0.321. The molecule has 0 aliphatic rings. The fraction of sp³-hybridized carbons (Fsp3) is 0.500. The standard InChI is InChI=1S/C12H17N3O4/c1-3-19-12-14-6-9(7-15-12)4-5-10(16)13-8-11(17)18-2/h6-7H,3-5,8H2,1-2H3,(H,13,16). The molecule has 0 saturated carbocycles. The van der Waals surface area contributed by atoms with Crippen LogP contribution < -0.4 is 10.1 Å². The molecule has 0 atom stereocenters. The zero-order valence-corrected chi connectivity index (χ0v) is 11.0. The SMILES string of the molecule is CCOc1ncc(CCC(=O)NCC(=O)OC)cn1. The van der Waals surface area contributed by atoms with Gasteiger partial charge in [0.05, 0.1) is 13.7 Å². The lowest BCUT2D eigenvalue weighted by Crippen LogP contribution is -2.30. The first-order valence-corrected chi connectivity index (χ1v) is 5.93. The van der Waals surface area contributed by atoms with Gasteiger partial charge in [-0.2, -0.15) is 0 Å². The fourth-order valence-corrected chi connectivity index (χ4v) is 1.26. The number of amides is 1. The van der Waals surface area contributed by atoms with Gasteiger partial charge in [-0.15, -0.1) is 0 Å². The molecule has 7 nitrogen and oxygen atoms in total. The number of esters is 1. The van der Waals surface area contributed by atoms with Crippen LogP contribution >= 0.6 is 0 Å². The molecular weight excluding hydrogens is 250 g/mol. The number of aromatic nitrogens is 2. The molecule has 1 N–H and O–H groups in total. The third-order valence-corrected chi connectivity index (χ3v) is 2.25. The van der Waals surface area contributed by atoms with Crippen LogP contribution in [0, 0.1) is 0 Å². The number of hydrogen-bond donors (Lipinski definition) is 1. The molecule has 0 radical (unpaired) electrons. The Kier molecular flexibility index (Phi) is 6.28. The number of nitrogens with one attached hydrogen (secondary N) is 1. The van der Waals surface area contributed by atoms with Crippen LogP contribution in [0.1, 0.15) is 18.9 Å². The summed E-state index contributed by atoms with van der Waals surface area (Å²) in [4.78, 5) is 30.2. The van der Waals surface area contributed by atoms with E-state index in [-0.39, 0.29) is 18.9 Å². The molecule has 0 aliphatic carbocycles. The van der Waals surface area contributed by atoms with E-state index in [4.69, 9.17) is 4.74 Å². The van der Waals surface area contributed by atoms with Gasteiger partial charge < -0.3 is 14.8 Å². The summed E-state index contributed by atoms with van der Waals surface area (Å²) in [5.74, 6) is -0.697. The average Bonchev–Trinajstić information content (AvgIpc) is 2.44. The van der Waals surface area contributed by atoms with Crippen LogP contribution in [0.4, 0.5) is 0 Å². The van der Waals surface area contributed by atoms with Crippen molar-refractivity contribution in [3.63, 3.8) is 0 Å². The molecular formula is C12H17N3O4. The molecule has 0 aliphatic heterocycles. The zero-order valence-electron chi connectivity index (χ0n) is 11.0. The lowest BCUT2D eigenvalue weighted by Gasteiger charge is -2.04. The maximum atomic E-state index is 11.4. The van der Waals surface area contributed by atoms with Crippen molar-refractivity contribution in [3.8, 4) is 6.01 Å². The Bertz CT molecular complexity index is 419. The van der Waals surface area contributed by atoms with E-state index in [2.05, 4.69) is 20.0 Å². The number of carbonyl (C=O) groups excluding carboxylic acids is 2. The molecule has 0 aromatic carbocycles. The minimum atomic E-state index is -0.474. The van der Waals surface area contributed by atoms with Gasteiger partial charge in [0.15, 0.2) is 0 Å². The Labute approximate surface area is 111 Å². The summed E-state index contributed by atoms with van der Waals surface area (Å²) >= 11 is 0. The summed E-state index contributed by atoms with van der Waals surface area (Å²) in [7, 11) is 1.27. The molecule has 1 amide bonds. The van der Waals surface area contributed by atoms with Crippen molar-refractivity contribution in [2.75, 3.05) is 20.3 Å². The van der Waals surface area contributed by atoms with Crippen LogP contribution in [0.3, 0.4) is 0 Å². The highest BCUT2D eigenvalue weighted by Crippen LogP contribution is 2.04. The smallest absolute Gasteiger partial charge is 0.325 e. The average molecular weight is 267 g/mol. The first-order chi connectivity index (χ1) is 9.15. The van der Waals surface area contributed by atoms with Crippen molar-refractivity contribution >= 4 is 11.9 Å². The predicted octanol–water partition coefficient (Wildman–Crippen LogP) is 0.0971. The first kappa shape index (κ1) is 14.9. The summed E-state index contributed by atoms with van der Waals surface area (Å²) in [6.07, 6.45) is 3.99. The third kappa shape index (κ3) is 5.80. The van der Waals surface area contributed by atoms with Crippen LogP contribution in [0.2, 0.25) is 0 Å². The van der Waals surface area contributed by atoms with E-state index in [0.717, 1.165) is 5.56 Å². The van der Waals surface area contributed by atoms with Gasteiger partial charge in [-0.1, -0.05) is 0 Å². The summed E-state index contributed by atoms with van der Waals surface area (Å²) in [6.45, 7) is 2.24. The van der Waals surface area contributed by atoms with Gasteiger partial charge in [-0.25, -0.2) is 9.97 Å². The number of hydrogen-bond acceptors (Lipinski definition) is 6. The van der Waals surface area contributed by atoms with Gasteiger partial charge in [0, 0.05) is 18.8 Å². The number of aryl methyl sites for hydroxylation is 1. The van der Waals surface area contributed by atoms with Gasteiger partial charge in [-0.3, -0.25) is 9.59 Å². The van der Waals surface area contributed by atoms with Crippen LogP contribution in [0.5, 0.6) is 6.01 Å². The molecule has 1 heterocycles. The normalized spacial score (nSPS) is 9.79. The van der Waals surface area contributed by atoms with Crippen molar-refractivity contribution in [1.82, 2.24) is 15.3 Å². The molecule has 0 fully saturated rings. The largest absolute Gasteiger partial charge is 0.468 e. The van der Waals surface area contributed by atoms with E-state index in [1.807, 2.05) is 6.92 Å². The summed E-state index contributed by atoms with van der Waals surface area (Å²) < 4.78 is 9.52. The highest BCUT2D eigenvalue weighted by atomic mass is 16.5. The molecule has 0 spiro atoms. The highest BCUT2D eigenvalue weighted by Gasteiger charge is 2.06. The summed E-state index contributed by atoms with van der Waals surface area (Å²) in [5, 5.41) is 2.46. The number of rotatable bonds is 7. The lowest BCUT2D eigenvalue weighted by atomic mass is 10.2. The van der Waals surface area contributed by atoms with Crippen LogP contribution in [-0.4, -0.2) is 42.1 Å². The Balaban J connectivity index is 2.31. The number of methoxy groups -OCH3 is 1. The molecule has 1 rings (SSSR count). The minimum absolute atomic E-state index is 0.116. The maximum absolute atomic E-state index is 11.4. The molecule has 1 aromatic rings. The molecule has 0 bridgehead atoms. The fourth-order valence-electron chi connectivity index (χ4n) is 1.26. The molecule has 0 unspecified atom stereocenters. The number of ether oxygens (including phenoxy) is 2. The second-order valence-corrected chi connectivity index (χ2v) is 3.66. The molecule has 7 heteroatoms. The topological polar surface area (TPSA) is 90.4 Å². The van der Waals surface area contributed by atoms with Crippen molar-refractivity contribution in [2.24, 2.45) is 0 Å². The highest BCUT2D eigenvalue weighted by molar-refractivity contribution is 5.81. The second-order valence-electron chi connectivity index (χ2n) is 3.66. The van der Waals surface area contributed by atoms with Crippen molar-refractivity contribution < 1.29 is 19.1 Å². The van der Waals surface area contributed by atoms with Gasteiger partial charge >= 0.3 is 12.0 Å². The predicted molar refractivity (Wildman–Crippen MR) is 66.5 cm³/mol. The Morgan fingerprint density at radius 2 is 2.00 bits per heavy atom. The van der Waals surface area contributed by atoms with Gasteiger partial charge in [-0.05, 0) is 18.9 Å². The third-order valence-electron chi connectivity index (χ3n) is 2.25. The summed E-state index contributed by atoms with van der Waals surface area (Å²) in [5.41, 5.74) is 0.830. The van der Waals surface area contributed by atoms with Crippen molar-refractivity contribution in [3.05, 3.63) is 18.0 Å². The Morgan fingerprint density at radius 3 is 2.58 bits per heavy atom. The Hall–Kier alpha value is -2.18. The Morgan fingerprint density at radius 1 is 1.32 bits per heavy atom. The van der Waals surface area contributed by atoms with E-state index in [0.29, 0.717) is 19.0 Å². The lowest BCUT2D eigenvalue weighted by molar-refractivity contribution is -0.141. The van der Waals surface area contributed by atoms with Crippen molar-refractivity contribution in [1.29, 1.82) is 0 Å². The van der Waals surface area contributed by atoms with Crippen molar-refractivity contribution in [2.45, 2.75) is 19.8 Å². The quantitative estimate of drug-likeness (QED) is 0.704. The van der Waals surface area contributed by atoms with Crippen LogP contribution in [0.25, 0.3) is 0 Å². The van der Waals surface area contributed by atoms with Gasteiger partial charge in [0.1, 0.15) is 6.54 Å². The maximum Gasteiger partial charge on any atom is 0.325 e. The van der Waals surface area contributed by atoms with E-state index >= 15 is 0 Å². The zero-order chi connectivity index (χ0) is 14.1. The van der Waals surface area contributed by atoms with E-state index in [1.165, 1.54) is 7.11 Å². The number of carbonyl (C=O) groups is 2. The van der Waals surface area contributed by atoms with E-state index in [9.17, 15) is 9.59 Å². The van der Waals surface area contributed by atoms with E-state index in [1.54, 1.807) is 12.4 Å². The minimum Gasteiger partial charge on any atom is -0.468 e. The van der Waals surface area contributed by atoms with Gasteiger partial charge in [0.25, 0.3) is 0 Å². The number of nitrogens with zero attached hydrogens (tertiary/aromatic N) is 2.